The normalized spacial score (nSPS) is 14.9. The molecule has 0 radical (unpaired) electrons. The Labute approximate surface area is 153 Å². The number of carbonyl (C=O) groups excluding carboxylic acids is 1. The van der Waals surface area contributed by atoms with Crippen LogP contribution in [0.1, 0.15) is 10.4 Å². The van der Waals surface area contributed by atoms with Gasteiger partial charge in [-0.25, -0.2) is 4.39 Å². The van der Waals surface area contributed by atoms with Crippen molar-refractivity contribution in [1.82, 2.24) is 4.90 Å². The maximum Gasteiger partial charge on any atom is 0.254 e. The summed E-state index contributed by atoms with van der Waals surface area (Å²) in [6.07, 6.45) is 0. The van der Waals surface area contributed by atoms with E-state index in [0.717, 1.165) is 22.3 Å². The molecule has 0 spiro atoms. The Morgan fingerprint density at radius 1 is 1.04 bits per heavy atom. The quantitative estimate of drug-likeness (QED) is 0.653. The largest absolute Gasteiger partial charge is 0.368 e. The molecule has 6 heteroatoms. The van der Waals surface area contributed by atoms with Crippen LogP contribution in [0.25, 0.3) is 0 Å². The molecule has 3 rings (SSSR count). The summed E-state index contributed by atoms with van der Waals surface area (Å²) in [4.78, 5) is 16.6. The molecule has 3 nitrogen and oxygen atoms in total. The minimum Gasteiger partial charge on any atom is -0.368 e. The monoisotopic (exact) mass is 444 g/mol. The van der Waals surface area contributed by atoms with Gasteiger partial charge in [0.05, 0.1) is 5.02 Å². The first kappa shape index (κ1) is 16.5. The van der Waals surface area contributed by atoms with Crippen molar-refractivity contribution in [3.05, 3.63) is 62.4 Å². The maximum absolute atomic E-state index is 13.0. The Hall–Kier alpha value is -1.34. The Balaban J connectivity index is 1.65. The van der Waals surface area contributed by atoms with Gasteiger partial charge in [0, 0.05) is 41.0 Å². The molecule has 0 saturated carbocycles. The fraction of sp³-hybridized carbons (Fsp3) is 0.235. The standard InChI is InChI=1S/C17H15ClFIN2O/c18-15-6-1-12(11-16(15)20)17(23)22-9-7-21(8-10-22)14-4-2-13(19)3-5-14/h1-6,11H,7-10H2. The third kappa shape index (κ3) is 3.77. The Morgan fingerprint density at radius 3 is 2.30 bits per heavy atom. The number of hydrogen-bond acceptors (Lipinski definition) is 2. The van der Waals surface area contributed by atoms with E-state index >= 15 is 0 Å². The lowest BCUT2D eigenvalue weighted by Crippen LogP contribution is -2.48. The zero-order chi connectivity index (χ0) is 16.4. The van der Waals surface area contributed by atoms with Crippen molar-refractivity contribution >= 4 is 45.8 Å². The second-order valence-electron chi connectivity index (χ2n) is 5.38. The first-order chi connectivity index (χ1) is 11.0. The van der Waals surface area contributed by atoms with E-state index in [4.69, 9.17) is 11.6 Å². The van der Waals surface area contributed by atoms with Gasteiger partial charge in [0.25, 0.3) is 5.91 Å². The molecule has 0 unspecified atom stereocenters. The first-order valence-electron chi connectivity index (χ1n) is 7.29. The van der Waals surface area contributed by atoms with Crippen LogP contribution in [-0.4, -0.2) is 37.0 Å². The lowest BCUT2D eigenvalue weighted by molar-refractivity contribution is 0.0746. The average molecular weight is 445 g/mol. The van der Waals surface area contributed by atoms with Crippen LogP contribution in [0.3, 0.4) is 0 Å². The number of carbonyl (C=O) groups is 1. The Bertz CT molecular complexity index is 715. The molecule has 1 amide bonds. The molecular formula is C17H15ClFIN2O. The number of hydrogen-bond donors (Lipinski definition) is 0. The Morgan fingerprint density at radius 2 is 1.70 bits per heavy atom. The molecule has 1 aliphatic rings. The number of rotatable bonds is 2. The van der Waals surface area contributed by atoms with Crippen LogP contribution in [0.4, 0.5) is 10.1 Å². The summed E-state index contributed by atoms with van der Waals surface area (Å²) in [5.74, 6) is -0.210. The first-order valence-corrected chi connectivity index (χ1v) is 8.75. The third-order valence-electron chi connectivity index (χ3n) is 3.93. The molecule has 0 N–H and O–H groups in total. The second kappa shape index (κ2) is 7.05. The van der Waals surface area contributed by atoms with Gasteiger partial charge in [-0.1, -0.05) is 11.6 Å². The molecule has 1 saturated heterocycles. The van der Waals surface area contributed by atoms with Crippen molar-refractivity contribution < 1.29 is 9.18 Å². The fourth-order valence-electron chi connectivity index (χ4n) is 2.63. The van der Waals surface area contributed by atoms with Crippen LogP contribution >= 0.6 is 34.2 Å². The zero-order valence-corrected chi connectivity index (χ0v) is 15.2. The highest BCUT2D eigenvalue weighted by Crippen LogP contribution is 2.22. The van der Waals surface area contributed by atoms with E-state index in [1.54, 1.807) is 24.3 Å². The minimum atomic E-state index is -0.236. The lowest BCUT2D eigenvalue weighted by atomic mass is 10.1. The smallest absolute Gasteiger partial charge is 0.254 e. The van der Waals surface area contributed by atoms with Gasteiger partial charge < -0.3 is 9.80 Å². The highest BCUT2D eigenvalue weighted by molar-refractivity contribution is 14.1. The number of piperazine rings is 1. The van der Waals surface area contributed by atoms with Crippen LogP contribution in [0.2, 0.25) is 5.02 Å². The van der Waals surface area contributed by atoms with Crippen LogP contribution < -0.4 is 4.90 Å². The molecule has 120 valence electrons. The van der Waals surface area contributed by atoms with Gasteiger partial charge in [0.15, 0.2) is 0 Å². The van der Waals surface area contributed by atoms with Crippen LogP contribution in [0.15, 0.2) is 42.5 Å². The van der Waals surface area contributed by atoms with Crippen molar-refractivity contribution in [2.75, 3.05) is 31.1 Å². The number of nitrogens with zero attached hydrogens (tertiary/aromatic N) is 2. The van der Waals surface area contributed by atoms with E-state index in [2.05, 4.69) is 27.5 Å². The minimum absolute atomic E-state index is 0.0262. The summed E-state index contributed by atoms with van der Waals surface area (Å²) in [5, 5.41) is 0.656. The second-order valence-corrected chi connectivity index (χ2v) is 6.95. The van der Waals surface area contributed by atoms with Gasteiger partial charge in [-0.05, 0) is 65.1 Å². The van der Waals surface area contributed by atoms with Crippen molar-refractivity contribution in [2.45, 2.75) is 0 Å². The van der Waals surface area contributed by atoms with E-state index in [1.807, 2.05) is 11.0 Å². The third-order valence-corrected chi connectivity index (χ3v) is 5.47. The van der Waals surface area contributed by atoms with Gasteiger partial charge in [-0.3, -0.25) is 4.79 Å². The molecular weight excluding hydrogens is 430 g/mol. The fourth-order valence-corrected chi connectivity index (χ4v) is 3.26. The van der Waals surface area contributed by atoms with E-state index in [1.165, 1.54) is 12.1 Å². The SMILES string of the molecule is O=C(c1ccc(Cl)c(I)c1)N1CCN(c2ccc(F)cc2)CC1. The predicted octanol–water partition coefficient (Wildman–Crippen LogP) is 4.05. The van der Waals surface area contributed by atoms with E-state index in [9.17, 15) is 9.18 Å². The molecule has 1 aliphatic heterocycles. The van der Waals surface area contributed by atoms with Gasteiger partial charge in [-0.15, -0.1) is 0 Å². The topological polar surface area (TPSA) is 23.6 Å². The maximum atomic E-state index is 13.0. The molecule has 2 aromatic rings. The van der Waals surface area contributed by atoms with Crippen LogP contribution in [-0.2, 0) is 0 Å². The highest BCUT2D eigenvalue weighted by Gasteiger charge is 2.22. The number of anilines is 1. The average Bonchev–Trinajstić information content (AvgIpc) is 2.57. The lowest BCUT2D eigenvalue weighted by Gasteiger charge is -2.36. The molecule has 0 aliphatic carbocycles. The molecule has 0 aromatic heterocycles. The van der Waals surface area contributed by atoms with Crippen molar-refractivity contribution in [3.8, 4) is 0 Å². The summed E-state index contributed by atoms with van der Waals surface area (Å²) >= 11 is 8.13. The van der Waals surface area contributed by atoms with E-state index in [-0.39, 0.29) is 11.7 Å². The van der Waals surface area contributed by atoms with Crippen LogP contribution in [0, 0.1) is 9.39 Å². The number of halogens is 3. The van der Waals surface area contributed by atoms with Crippen molar-refractivity contribution in [3.63, 3.8) is 0 Å². The van der Waals surface area contributed by atoms with Gasteiger partial charge in [0.1, 0.15) is 5.82 Å². The summed E-state index contributed by atoms with van der Waals surface area (Å²) in [6.45, 7) is 2.77. The molecule has 2 aromatic carbocycles. The summed E-state index contributed by atoms with van der Waals surface area (Å²) in [7, 11) is 0. The van der Waals surface area contributed by atoms with Crippen molar-refractivity contribution in [1.29, 1.82) is 0 Å². The molecule has 0 atom stereocenters. The summed E-state index contributed by atoms with van der Waals surface area (Å²) in [6, 6.07) is 11.8. The number of amides is 1. The summed E-state index contributed by atoms with van der Waals surface area (Å²) in [5.41, 5.74) is 1.65. The molecule has 1 fully saturated rings. The Kier molecular flexibility index (Phi) is 5.06. The molecule has 0 bridgehead atoms. The zero-order valence-electron chi connectivity index (χ0n) is 12.3. The van der Waals surface area contributed by atoms with Gasteiger partial charge in [-0.2, -0.15) is 0 Å². The molecule has 23 heavy (non-hydrogen) atoms. The van der Waals surface area contributed by atoms with Gasteiger partial charge >= 0.3 is 0 Å². The van der Waals surface area contributed by atoms with E-state index < -0.39 is 0 Å². The molecule has 1 heterocycles. The highest BCUT2D eigenvalue weighted by atomic mass is 127. The predicted molar refractivity (Wildman–Crippen MR) is 98.7 cm³/mol. The van der Waals surface area contributed by atoms with Crippen molar-refractivity contribution in [2.24, 2.45) is 0 Å². The van der Waals surface area contributed by atoms with Crippen LogP contribution in [0.5, 0.6) is 0 Å². The number of benzene rings is 2. The van der Waals surface area contributed by atoms with E-state index in [0.29, 0.717) is 23.7 Å². The van der Waals surface area contributed by atoms with Gasteiger partial charge in [0.2, 0.25) is 0 Å². The summed E-state index contributed by atoms with van der Waals surface area (Å²) < 4.78 is 13.9.